The molecule has 0 heterocycles. The summed E-state index contributed by atoms with van der Waals surface area (Å²) in [5.41, 5.74) is 4.69. The van der Waals surface area contributed by atoms with Crippen LogP contribution >= 0.6 is 0 Å². The second kappa shape index (κ2) is 6.01. The molecule has 0 radical (unpaired) electrons. The summed E-state index contributed by atoms with van der Waals surface area (Å²) in [5, 5.41) is 11.3. The van der Waals surface area contributed by atoms with Crippen LogP contribution in [0.2, 0.25) is 0 Å². The largest absolute Gasteiger partial charge is 0.388 e. The molecule has 0 bridgehead atoms. The van der Waals surface area contributed by atoms with Gasteiger partial charge in [-0.15, -0.1) is 0 Å². The quantitative estimate of drug-likeness (QED) is 0.799. The third-order valence-electron chi connectivity index (χ3n) is 2.97. The van der Waals surface area contributed by atoms with E-state index in [-0.39, 0.29) is 0 Å². The van der Waals surface area contributed by atoms with Gasteiger partial charge in [0.2, 0.25) is 0 Å². The van der Waals surface area contributed by atoms with E-state index < -0.39 is 0 Å². The minimum absolute atomic E-state index is 0.506. The van der Waals surface area contributed by atoms with Crippen LogP contribution in [0.15, 0.2) is 60.7 Å². The third-order valence-corrected chi connectivity index (χ3v) is 2.97. The van der Waals surface area contributed by atoms with Crippen LogP contribution in [-0.2, 0) is 0 Å². The van der Waals surface area contributed by atoms with E-state index in [1.165, 1.54) is 5.56 Å². The maximum atomic E-state index is 8.15. The van der Waals surface area contributed by atoms with Crippen molar-refractivity contribution in [2.75, 3.05) is 7.05 Å². The van der Waals surface area contributed by atoms with Crippen LogP contribution in [0.1, 0.15) is 16.7 Å². The van der Waals surface area contributed by atoms with Gasteiger partial charge in [-0.3, -0.25) is 0 Å². The van der Waals surface area contributed by atoms with Crippen LogP contribution in [0.25, 0.3) is 5.70 Å². The number of allylic oxidation sites excluding steroid dienone is 1. The zero-order chi connectivity index (χ0) is 13.7. The zero-order valence-electron chi connectivity index (χ0n) is 11.3. The van der Waals surface area contributed by atoms with Gasteiger partial charge in [-0.05, 0) is 30.2 Å². The van der Waals surface area contributed by atoms with Crippen LogP contribution in [0, 0.1) is 12.3 Å². The lowest BCUT2D eigenvalue weighted by molar-refractivity contribution is 1.13. The molecule has 0 saturated carbocycles. The minimum atomic E-state index is 0.506. The zero-order valence-corrected chi connectivity index (χ0v) is 11.3. The first kappa shape index (κ1) is 13.1. The van der Waals surface area contributed by atoms with Crippen LogP contribution in [0.4, 0.5) is 0 Å². The second-order valence-corrected chi connectivity index (χ2v) is 4.46. The average Bonchev–Trinajstić information content (AvgIpc) is 2.45. The third kappa shape index (κ3) is 3.32. The molecular weight excluding hydrogens is 232 g/mol. The molecule has 0 aromatic heterocycles. The number of rotatable bonds is 4. The molecule has 0 fully saturated rings. The molecule has 0 aliphatic rings. The monoisotopic (exact) mass is 250 g/mol. The predicted octanol–water partition coefficient (Wildman–Crippen LogP) is 3.62. The van der Waals surface area contributed by atoms with E-state index in [1.807, 2.05) is 55.6 Å². The Morgan fingerprint density at radius 1 is 1.00 bits per heavy atom. The molecule has 19 heavy (non-hydrogen) atoms. The SMILES string of the molecule is CN/C(=C\C(=N)c1ccccc1)c1cccc(C)c1. The number of hydrogen-bond acceptors (Lipinski definition) is 2. The summed E-state index contributed by atoms with van der Waals surface area (Å²) in [4.78, 5) is 0. The highest BCUT2D eigenvalue weighted by molar-refractivity contribution is 6.10. The van der Waals surface area contributed by atoms with Crippen molar-refractivity contribution in [3.63, 3.8) is 0 Å². The molecule has 2 nitrogen and oxygen atoms in total. The number of nitrogens with one attached hydrogen (secondary N) is 2. The first-order valence-corrected chi connectivity index (χ1v) is 6.31. The molecule has 0 aliphatic carbocycles. The summed E-state index contributed by atoms with van der Waals surface area (Å²) in [6.07, 6.45) is 1.87. The van der Waals surface area contributed by atoms with Crippen molar-refractivity contribution >= 4 is 11.4 Å². The standard InChI is InChI=1S/C17H18N2/c1-13-7-6-10-15(11-13)17(19-2)12-16(18)14-8-4-3-5-9-14/h3-12,18-19H,1-2H3/b17-12-,18-16?. The van der Waals surface area contributed by atoms with Gasteiger partial charge in [0.25, 0.3) is 0 Å². The molecule has 0 unspecified atom stereocenters. The van der Waals surface area contributed by atoms with Gasteiger partial charge in [0, 0.05) is 12.7 Å². The molecule has 2 N–H and O–H groups in total. The van der Waals surface area contributed by atoms with Gasteiger partial charge in [-0.1, -0.05) is 54.1 Å². The summed E-state index contributed by atoms with van der Waals surface area (Å²) >= 11 is 0. The fraction of sp³-hybridized carbons (Fsp3) is 0.118. The van der Waals surface area contributed by atoms with Crippen molar-refractivity contribution in [2.24, 2.45) is 0 Å². The Kier molecular flexibility index (Phi) is 4.14. The fourth-order valence-corrected chi connectivity index (χ4v) is 1.96. The van der Waals surface area contributed by atoms with Gasteiger partial charge < -0.3 is 10.7 Å². The van der Waals surface area contributed by atoms with Gasteiger partial charge in [-0.2, -0.15) is 0 Å². The van der Waals surface area contributed by atoms with Crippen molar-refractivity contribution in [1.29, 1.82) is 5.41 Å². The summed E-state index contributed by atoms with van der Waals surface area (Å²) in [6, 6.07) is 18.0. The topological polar surface area (TPSA) is 35.9 Å². The molecule has 0 atom stereocenters. The van der Waals surface area contributed by atoms with Crippen LogP contribution < -0.4 is 5.32 Å². The lowest BCUT2D eigenvalue weighted by Gasteiger charge is -2.09. The van der Waals surface area contributed by atoms with Crippen LogP contribution in [-0.4, -0.2) is 12.8 Å². The lowest BCUT2D eigenvalue weighted by Crippen LogP contribution is -2.08. The molecule has 2 rings (SSSR count). The Bertz CT molecular complexity index is 598. The van der Waals surface area contributed by atoms with Crippen molar-refractivity contribution in [3.05, 3.63) is 77.4 Å². The van der Waals surface area contributed by atoms with Crippen molar-refractivity contribution in [2.45, 2.75) is 6.92 Å². The average molecular weight is 250 g/mol. The van der Waals surface area contributed by atoms with Crippen LogP contribution in [0.3, 0.4) is 0 Å². The number of hydrogen-bond donors (Lipinski definition) is 2. The van der Waals surface area contributed by atoms with E-state index >= 15 is 0 Å². The van der Waals surface area contributed by atoms with E-state index in [1.54, 1.807) is 0 Å². The fourth-order valence-electron chi connectivity index (χ4n) is 1.96. The van der Waals surface area contributed by atoms with E-state index in [0.29, 0.717) is 5.71 Å². The minimum Gasteiger partial charge on any atom is -0.388 e. The Balaban J connectivity index is 2.32. The maximum absolute atomic E-state index is 8.15. The predicted molar refractivity (Wildman–Crippen MR) is 81.5 cm³/mol. The summed E-state index contributed by atoms with van der Waals surface area (Å²) in [6.45, 7) is 2.07. The normalized spacial score (nSPS) is 11.2. The molecule has 0 spiro atoms. The Labute approximate surface area is 114 Å². The Morgan fingerprint density at radius 3 is 2.32 bits per heavy atom. The van der Waals surface area contributed by atoms with Crippen molar-refractivity contribution < 1.29 is 0 Å². The molecular formula is C17H18N2. The lowest BCUT2D eigenvalue weighted by atomic mass is 10.0. The van der Waals surface area contributed by atoms with Gasteiger partial charge in [0.1, 0.15) is 0 Å². The summed E-state index contributed by atoms with van der Waals surface area (Å²) in [5.74, 6) is 0. The van der Waals surface area contributed by atoms with E-state index in [4.69, 9.17) is 5.41 Å². The van der Waals surface area contributed by atoms with Crippen LogP contribution in [0.5, 0.6) is 0 Å². The smallest absolute Gasteiger partial charge is 0.0632 e. The molecule has 0 aliphatic heterocycles. The molecule has 2 aromatic carbocycles. The molecule has 2 aromatic rings. The molecule has 2 heteroatoms. The van der Waals surface area contributed by atoms with Gasteiger partial charge in [-0.25, -0.2) is 0 Å². The summed E-state index contributed by atoms with van der Waals surface area (Å²) < 4.78 is 0. The summed E-state index contributed by atoms with van der Waals surface area (Å²) in [7, 11) is 1.88. The number of aryl methyl sites for hydroxylation is 1. The van der Waals surface area contributed by atoms with Gasteiger partial charge >= 0.3 is 0 Å². The second-order valence-electron chi connectivity index (χ2n) is 4.46. The Morgan fingerprint density at radius 2 is 1.68 bits per heavy atom. The highest BCUT2D eigenvalue weighted by atomic mass is 14.8. The highest BCUT2D eigenvalue weighted by Gasteiger charge is 2.03. The molecule has 96 valence electrons. The van der Waals surface area contributed by atoms with Crippen molar-refractivity contribution in [1.82, 2.24) is 5.32 Å². The first-order chi connectivity index (χ1) is 9.20. The van der Waals surface area contributed by atoms with E-state index in [9.17, 15) is 0 Å². The first-order valence-electron chi connectivity index (χ1n) is 6.31. The maximum Gasteiger partial charge on any atom is 0.0632 e. The van der Waals surface area contributed by atoms with E-state index in [2.05, 4.69) is 24.4 Å². The van der Waals surface area contributed by atoms with Crippen molar-refractivity contribution in [3.8, 4) is 0 Å². The Hall–Kier alpha value is -2.35. The van der Waals surface area contributed by atoms with Gasteiger partial charge in [0.15, 0.2) is 0 Å². The van der Waals surface area contributed by atoms with Gasteiger partial charge in [0.05, 0.1) is 5.71 Å². The van der Waals surface area contributed by atoms with E-state index in [0.717, 1.165) is 16.8 Å². The highest BCUT2D eigenvalue weighted by Crippen LogP contribution is 2.14. The molecule has 0 amide bonds. The molecule has 0 saturated heterocycles. The number of benzene rings is 2.